The van der Waals surface area contributed by atoms with Crippen molar-refractivity contribution in [3.63, 3.8) is 0 Å². The Labute approximate surface area is 195 Å². The summed E-state index contributed by atoms with van der Waals surface area (Å²) in [4.78, 5) is 39.5. The standard InChI is InChI=1S/C21H29F3N6O4/c1-20(2,15-4-3-5-16(15)28-19(32)33)13-27-34-12-17(31)29-6-8-30(9-7-29)18-25-10-14(11-26-18)21(22,23)24/h10-11,13,15-16,28H,3-9,12H2,1-2H3,(H,32,33)/b27-13+/t15-,16+/m1/s1. The zero-order valence-corrected chi connectivity index (χ0v) is 19.1. The molecule has 0 radical (unpaired) electrons. The fourth-order valence-electron chi connectivity index (χ4n) is 4.42. The van der Waals surface area contributed by atoms with Crippen LogP contribution in [-0.4, -0.2) is 77.0 Å². The summed E-state index contributed by atoms with van der Waals surface area (Å²) in [6.45, 7) is 5.14. The van der Waals surface area contributed by atoms with Gasteiger partial charge in [-0.25, -0.2) is 14.8 Å². The molecule has 1 aromatic rings. The first-order valence-corrected chi connectivity index (χ1v) is 11.1. The lowest BCUT2D eigenvalue weighted by molar-refractivity contribution is -0.138. The van der Waals surface area contributed by atoms with E-state index in [4.69, 9.17) is 9.94 Å². The first kappa shape index (κ1) is 25.5. The van der Waals surface area contributed by atoms with E-state index in [1.807, 2.05) is 13.8 Å². The highest BCUT2D eigenvalue weighted by Gasteiger charge is 2.39. The molecule has 3 rings (SSSR count). The number of anilines is 1. The number of piperazine rings is 1. The molecule has 10 nitrogen and oxygen atoms in total. The summed E-state index contributed by atoms with van der Waals surface area (Å²) < 4.78 is 38.0. The summed E-state index contributed by atoms with van der Waals surface area (Å²) >= 11 is 0. The number of carbonyl (C=O) groups is 2. The monoisotopic (exact) mass is 486 g/mol. The van der Waals surface area contributed by atoms with Gasteiger partial charge in [-0.05, 0) is 18.8 Å². The van der Waals surface area contributed by atoms with E-state index in [0.717, 1.165) is 31.7 Å². The van der Waals surface area contributed by atoms with E-state index in [-0.39, 0.29) is 30.4 Å². The number of hydrogen-bond donors (Lipinski definition) is 2. The van der Waals surface area contributed by atoms with Crippen LogP contribution in [0.1, 0.15) is 38.7 Å². The van der Waals surface area contributed by atoms with Crippen molar-refractivity contribution in [2.24, 2.45) is 16.5 Å². The average molecular weight is 486 g/mol. The van der Waals surface area contributed by atoms with Gasteiger partial charge >= 0.3 is 12.3 Å². The number of rotatable bonds is 7. The maximum absolute atomic E-state index is 12.7. The summed E-state index contributed by atoms with van der Waals surface area (Å²) in [5.74, 6) is 0.00663. The van der Waals surface area contributed by atoms with Crippen molar-refractivity contribution in [1.82, 2.24) is 20.2 Å². The number of carboxylic acid groups (broad SMARTS) is 1. The number of oxime groups is 1. The predicted octanol–water partition coefficient (Wildman–Crippen LogP) is 2.61. The van der Waals surface area contributed by atoms with E-state index in [9.17, 15) is 22.8 Å². The Kier molecular flexibility index (Phi) is 7.82. The third-order valence-corrected chi connectivity index (χ3v) is 6.31. The number of nitrogens with one attached hydrogen (secondary N) is 1. The first-order chi connectivity index (χ1) is 16.0. The zero-order chi connectivity index (χ0) is 24.9. The van der Waals surface area contributed by atoms with Crippen molar-refractivity contribution in [1.29, 1.82) is 0 Å². The molecule has 13 heteroatoms. The lowest BCUT2D eigenvalue weighted by Crippen LogP contribution is -2.50. The number of halogens is 3. The number of alkyl halides is 3. The van der Waals surface area contributed by atoms with Crippen LogP contribution in [0.3, 0.4) is 0 Å². The van der Waals surface area contributed by atoms with Crippen LogP contribution in [0.4, 0.5) is 23.9 Å². The van der Waals surface area contributed by atoms with Gasteiger partial charge < -0.3 is 25.1 Å². The van der Waals surface area contributed by atoms with Crippen LogP contribution in [-0.2, 0) is 15.8 Å². The van der Waals surface area contributed by atoms with Gasteiger partial charge in [0, 0.05) is 56.2 Å². The van der Waals surface area contributed by atoms with E-state index >= 15 is 0 Å². The molecule has 1 saturated carbocycles. The molecule has 1 saturated heterocycles. The van der Waals surface area contributed by atoms with E-state index in [1.165, 1.54) is 0 Å². The number of nitrogens with zero attached hydrogens (tertiary/aromatic N) is 5. The van der Waals surface area contributed by atoms with Crippen molar-refractivity contribution in [2.75, 3.05) is 37.7 Å². The maximum Gasteiger partial charge on any atom is 0.419 e. The van der Waals surface area contributed by atoms with Crippen LogP contribution >= 0.6 is 0 Å². The van der Waals surface area contributed by atoms with Crippen LogP contribution in [0.15, 0.2) is 17.5 Å². The second kappa shape index (κ2) is 10.4. The second-order valence-corrected chi connectivity index (χ2v) is 9.06. The summed E-state index contributed by atoms with van der Waals surface area (Å²) in [7, 11) is 0. The summed E-state index contributed by atoms with van der Waals surface area (Å²) in [5.41, 5.74) is -1.33. The third-order valence-electron chi connectivity index (χ3n) is 6.31. The van der Waals surface area contributed by atoms with E-state index < -0.39 is 23.2 Å². The molecule has 0 aromatic carbocycles. The van der Waals surface area contributed by atoms with Gasteiger partial charge in [0.2, 0.25) is 5.95 Å². The molecule has 2 fully saturated rings. The van der Waals surface area contributed by atoms with Crippen molar-refractivity contribution < 1.29 is 32.7 Å². The van der Waals surface area contributed by atoms with Crippen LogP contribution in [0.25, 0.3) is 0 Å². The Morgan fingerprint density at radius 3 is 2.44 bits per heavy atom. The summed E-state index contributed by atoms with van der Waals surface area (Å²) in [6.07, 6.45) is 0.152. The molecule has 34 heavy (non-hydrogen) atoms. The fourth-order valence-corrected chi connectivity index (χ4v) is 4.42. The maximum atomic E-state index is 12.7. The smallest absolute Gasteiger partial charge is 0.419 e. The Bertz CT molecular complexity index is 885. The molecule has 1 aromatic heterocycles. The molecule has 2 amide bonds. The predicted molar refractivity (Wildman–Crippen MR) is 116 cm³/mol. The summed E-state index contributed by atoms with van der Waals surface area (Å²) in [5, 5.41) is 15.5. The van der Waals surface area contributed by atoms with Crippen molar-refractivity contribution >= 4 is 24.2 Å². The lowest BCUT2D eigenvalue weighted by Gasteiger charge is -2.34. The molecular formula is C21H29F3N6O4. The van der Waals surface area contributed by atoms with Gasteiger partial charge in [-0.3, -0.25) is 4.79 Å². The highest BCUT2D eigenvalue weighted by Crippen LogP contribution is 2.38. The van der Waals surface area contributed by atoms with Crippen LogP contribution in [0, 0.1) is 11.3 Å². The minimum absolute atomic E-state index is 0.0761. The Morgan fingerprint density at radius 2 is 1.85 bits per heavy atom. The van der Waals surface area contributed by atoms with Gasteiger partial charge in [-0.15, -0.1) is 0 Å². The Hall–Kier alpha value is -3.12. The number of hydrogen-bond acceptors (Lipinski definition) is 7. The normalized spacial score (nSPS) is 21.7. The minimum Gasteiger partial charge on any atom is -0.465 e. The fraction of sp³-hybridized carbons (Fsp3) is 0.667. The van der Waals surface area contributed by atoms with Crippen molar-refractivity contribution in [2.45, 2.75) is 45.3 Å². The molecule has 0 bridgehead atoms. The quantitative estimate of drug-likeness (QED) is 0.449. The van der Waals surface area contributed by atoms with Gasteiger partial charge in [0.15, 0.2) is 6.61 Å². The van der Waals surface area contributed by atoms with E-state index in [1.54, 1.807) is 16.0 Å². The highest BCUT2D eigenvalue weighted by molar-refractivity contribution is 5.78. The van der Waals surface area contributed by atoms with Gasteiger partial charge in [-0.2, -0.15) is 13.2 Å². The zero-order valence-electron chi connectivity index (χ0n) is 19.1. The highest BCUT2D eigenvalue weighted by atomic mass is 19.4. The number of amides is 2. The van der Waals surface area contributed by atoms with E-state index in [0.29, 0.717) is 26.2 Å². The minimum atomic E-state index is -4.49. The SMILES string of the molecule is CC(C)(/C=N/OCC(=O)N1CCN(c2ncc(C(F)(F)F)cn2)CC1)[C@@H]1CCC[C@@H]1NC(=O)O. The topological polar surface area (TPSA) is 120 Å². The van der Waals surface area contributed by atoms with Gasteiger partial charge in [-0.1, -0.05) is 25.4 Å². The van der Waals surface area contributed by atoms with Crippen molar-refractivity contribution in [3.8, 4) is 0 Å². The summed E-state index contributed by atoms with van der Waals surface area (Å²) in [6, 6.07) is -0.148. The van der Waals surface area contributed by atoms with Gasteiger partial charge in [0.25, 0.3) is 5.91 Å². The number of carbonyl (C=O) groups excluding carboxylic acids is 1. The van der Waals surface area contributed by atoms with Crippen molar-refractivity contribution in [3.05, 3.63) is 18.0 Å². The second-order valence-electron chi connectivity index (χ2n) is 9.06. The van der Waals surface area contributed by atoms with E-state index in [2.05, 4.69) is 20.4 Å². The molecule has 0 unspecified atom stereocenters. The van der Waals surface area contributed by atoms with Gasteiger partial charge in [0.05, 0.1) is 5.56 Å². The van der Waals surface area contributed by atoms with Gasteiger partial charge in [0.1, 0.15) is 0 Å². The molecule has 2 aliphatic rings. The Morgan fingerprint density at radius 1 is 1.21 bits per heavy atom. The molecule has 1 aliphatic carbocycles. The molecule has 0 spiro atoms. The molecular weight excluding hydrogens is 457 g/mol. The number of aromatic nitrogens is 2. The first-order valence-electron chi connectivity index (χ1n) is 11.1. The Balaban J connectivity index is 1.44. The molecule has 1 aliphatic heterocycles. The average Bonchev–Trinajstić information content (AvgIpc) is 3.25. The van der Waals surface area contributed by atoms with Crippen LogP contribution < -0.4 is 10.2 Å². The lowest BCUT2D eigenvalue weighted by atomic mass is 9.77. The molecule has 2 N–H and O–H groups in total. The molecule has 2 heterocycles. The third kappa shape index (κ3) is 6.48. The molecule has 188 valence electrons. The van der Waals surface area contributed by atoms with Crippen LogP contribution in [0.2, 0.25) is 0 Å². The van der Waals surface area contributed by atoms with Crippen LogP contribution in [0.5, 0.6) is 0 Å². The largest absolute Gasteiger partial charge is 0.465 e. The molecule has 2 atom stereocenters.